The van der Waals surface area contributed by atoms with Crippen LogP contribution in [0.3, 0.4) is 0 Å². The molecule has 2 nitrogen and oxygen atoms in total. The van der Waals surface area contributed by atoms with Crippen molar-refractivity contribution in [2.24, 2.45) is 11.7 Å². The van der Waals surface area contributed by atoms with E-state index in [1.54, 1.807) is 6.07 Å². The van der Waals surface area contributed by atoms with Crippen LogP contribution in [-0.4, -0.2) is 25.0 Å². The molecular weight excluding hydrogens is 234 g/mol. The third-order valence-electron chi connectivity index (χ3n) is 2.97. The fourth-order valence-electron chi connectivity index (χ4n) is 1.75. The molecule has 102 valence electrons. The number of likely N-dealkylation sites (N-methyl/N-ethyl adjacent to an activating group) is 1. The number of benzene rings is 1. The largest absolute Gasteiger partial charge is 0.323 e. The molecule has 0 bridgehead atoms. The van der Waals surface area contributed by atoms with Gasteiger partial charge in [-0.15, -0.1) is 0 Å². The SMILES string of the molecule is CC(C)CCN(C)CC(N)c1ccc(F)c(F)c1. The van der Waals surface area contributed by atoms with Gasteiger partial charge in [0.2, 0.25) is 0 Å². The smallest absolute Gasteiger partial charge is 0.159 e. The molecule has 1 unspecified atom stereocenters. The molecule has 0 radical (unpaired) electrons. The molecule has 1 rings (SSSR count). The average molecular weight is 256 g/mol. The van der Waals surface area contributed by atoms with E-state index in [0.29, 0.717) is 18.0 Å². The molecule has 1 aromatic rings. The molecule has 2 N–H and O–H groups in total. The van der Waals surface area contributed by atoms with E-state index in [4.69, 9.17) is 5.73 Å². The van der Waals surface area contributed by atoms with Gasteiger partial charge in [-0.2, -0.15) is 0 Å². The zero-order chi connectivity index (χ0) is 13.7. The summed E-state index contributed by atoms with van der Waals surface area (Å²) in [5.74, 6) is -1.03. The molecule has 0 spiro atoms. The summed E-state index contributed by atoms with van der Waals surface area (Å²) in [4.78, 5) is 2.12. The van der Waals surface area contributed by atoms with E-state index < -0.39 is 11.6 Å². The Hall–Kier alpha value is -1.00. The van der Waals surface area contributed by atoms with E-state index in [-0.39, 0.29) is 6.04 Å². The lowest BCUT2D eigenvalue weighted by Gasteiger charge is -2.22. The molecule has 0 saturated carbocycles. The van der Waals surface area contributed by atoms with Crippen LogP contribution in [0, 0.1) is 17.6 Å². The molecule has 0 aliphatic heterocycles. The number of nitrogens with zero attached hydrogens (tertiary/aromatic N) is 1. The van der Waals surface area contributed by atoms with Crippen molar-refractivity contribution in [2.75, 3.05) is 20.1 Å². The molecular formula is C14H22F2N2. The minimum atomic E-state index is -0.840. The van der Waals surface area contributed by atoms with Crippen molar-refractivity contribution in [3.63, 3.8) is 0 Å². The van der Waals surface area contributed by atoms with E-state index in [9.17, 15) is 8.78 Å². The van der Waals surface area contributed by atoms with Crippen molar-refractivity contribution in [3.8, 4) is 0 Å². The summed E-state index contributed by atoms with van der Waals surface area (Å²) in [7, 11) is 1.99. The second-order valence-electron chi connectivity index (χ2n) is 5.22. The van der Waals surface area contributed by atoms with Crippen LogP contribution in [0.25, 0.3) is 0 Å². The highest BCUT2D eigenvalue weighted by molar-refractivity contribution is 5.21. The highest BCUT2D eigenvalue weighted by Crippen LogP contribution is 2.15. The van der Waals surface area contributed by atoms with Crippen molar-refractivity contribution < 1.29 is 8.78 Å². The monoisotopic (exact) mass is 256 g/mol. The van der Waals surface area contributed by atoms with Crippen molar-refractivity contribution in [3.05, 3.63) is 35.4 Å². The van der Waals surface area contributed by atoms with Crippen LogP contribution in [0.15, 0.2) is 18.2 Å². The zero-order valence-corrected chi connectivity index (χ0v) is 11.3. The van der Waals surface area contributed by atoms with Gasteiger partial charge in [-0.1, -0.05) is 19.9 Å². The Morgan fingerprint density at radius 1 is 1.22 bits per heavy atom. The topological polar surface area (TPSA) is 29.3 Å². The quantitative estimate of drug-likeness (QED) is 0.848. The third-order valence-corrected chi connectivity index (χ3v) is 2.97. The second-order valence-corrected chi connectivity index (χ2v) is 5.22. The Kier molecular flexibility index (Phi) is 5.69. The third kappa shape index (κ3) is 4.70. The van der Waals surface area contributed by atoms with Gasteiger partial charge >= 0.3 is 0 Å². The number of hydrogen-bond donors (Lipinski definition) is 1. The maximum atomic E-state index is 13.1. The maximum absolute atomic E-state index is 13.1. The summed E-state index contributed by atoms with van der Waals surface area (Å²) in [6.07, 6.45) is 1.10. The highest BCUT2D eigenvalue weighted by atomic mass is 19.2. The van der Waals surface area contributed by atoms with Crippen molar-refractivity contribution in [1.82, 2.24) is 4.90 Å². The predicted octanol–water partition coefficient (Wildman–Crippen LogP) is 2.94. The lowest BCUT2D eigenvalue weighted by Crippen LogP contribution is -2.30. The minimum Gasteiger partial charge on any atom is -0.323 e. The summed E-state index contributed by atoms with van der Waals surface area (Å²) in [5, 5.41) is 0. The van der Waals surface area contributed by atoms with E-state index in [0.717, 1.165) is 19.0 Å². The van der Waals surface area contributed by atoms with Gasteiger partial charge in [0.25, 0.3) is 0 Å². The van der Waals surface area contributed by atoms with Crippen molar-refractivity contribution in [1.29, 1.82) is 0 Å². The van der Waals surface area contributed by atoms with E-state index in [1.807, 2.05) is 7.05 Å². The standard InChI is InChI=1S/C14H22F2N2/c1-10(2)6-7-18(3)9-14(17)11-4-5-12(15)13(16)8-11/h4-5,8,10,14H,6-7,9,17H2,1-3H3. The van der Waals surface area contributed by atoms with Gasteiger partial charge in [-0.25, -0.2) is 8.78 Å². The molecule has 0 aromatic heterocycles. The van der Waals surface area contributed by atoms with Crippen LogP contribution in [-0.2, 0) is 0 Å². The van der Waals surface area contributed by atoms with Gasteiger partial charge in [0, 0.05) is 12.6 Å². The lowest BCUT2D eigenvalue weighted by molar-refractivity contribution is 0.292. The first-order valence-corrected chi connectivity index (χ1v) is 6.29. The molecule has 0 saturated heterocycles. The first-order valence-electron chi connectivity index (χ1n) is 6.29. The highest BCUT2D eigenvalue weighted by Gasteiger charge is 2.12. The fourth-order valence-corrected chi connectivity index (χ4v) is 1.75. The van der Waals surface area contributed by atoms with Crippen LogP contribution in [0.2, 0.25) is 0 Å². The maximum Gasteiger partial charge on any atom is 0.159 e. The molecule has 0 fully saturated rings. The second kappa shape index (κ2) is 6.81. The van der Waals surface area contributed by atoms with Crippen molar-refractivity contribution in [2.45, 2.75) is 26.3 Å². The number of nitrogens with two attached hydrogens (primary N) is 1. The van der Waals surface area contributed by atoms with Crippen LogP contribution in [0.1, 0.15) is 31.9 Å². The summed E-state index contributed by atoms with van der Waals surface area (Å²) < 4.78 is 25.9. The number of hydrogen-bond acceptors (Lipinski definition) is 2. The molecule has 4 heteroatoms. The fraction of sp³-hybridized carbons (Fsp3) is 0.571. The zero-order valence-electron chi connectivity index (χ0n) is 11.3. The van der Waals surface area contributed by atoms with E-state index in [2.05, 4.69) is 18.7 Å². The van der Waals surface area contributed by atoms with E-state index >= 15 is 0 Å². The van der Waals surface area contributed by atoms with Gasteiger partial charge in [-0.05, 0) is 43.6 Å². The van der Waals surface area contributed by atoms with Crippen LogP contribution in [0.5, 0.6) is 0 Å². The molecule has 1 atom stereocenters. The average Bonchev–Trinajstić information content (AvgIpc) is 2.30. The van der Waals surface area contributed by atoms with Gasteiger partial charge in [0.05, 0.1) is 0 Å². The van der Waals surface area contributed by atoms with Crippen molar-refractivity contribution >= 4 is 0 Å². The Bertz CT molecular complexity index is 380. The summed E-state index contributed by atoms with van der Waals surface area (Å²) >= 11 is 0. The normalized spacial score (nSPS) is 13.3. The number of rotatable bonds is 6. The molecule has 1 aromatic carbocycles. The Morgan fingerprint density at radius 3 is 2.44 bits per heavy atom. The Morgan fingerprint density at radius 2 is 1.89 bits per heavy atom. The van der Waals surface area contributed by atoms with Crippen LogP contribution in [0.4, 0.5) is 8.78 Å². The lowest BCUT2D eigenvalue weighted by atomic mass is 10.1. The molecule has 0 aliphatic carbocycles. The van der Waals surface area contributed by atoms with Crippen LogP contribution < -0.4 is 5.73 Å². The molecule has 0 aliphatic rings. The van der Waals surface area contributed by atoms with Gasteiger partial charge in [-0.3, -0.25) is 0 Å². The predicted molar refractivity (Wildman–Crippen MR) is 70.2 cm³/mol. The summed E-state index contributed by atoms with van der Waals surface area (Å²) in [6.45, 7) is 5.93. The molecule has 0 heterocycles. The van der Waals surface area contributed by atoms with Gasteiger partial charge < -0.3 is 10.6 Å². The molecule has 0 amide bonds. The van der Waals surface area contributed by atoms with Crippen LogP contribution >= 0.6 is 0 Å². The van der Waals surface area contributed by atoms with E-state index in [1.165, 1.54) is 6.07 Å². The Balaban J connectivity index is 2.53. The first-order chi connectivity index (χ1) is 8.40. The Labute approximate surface area is 108 Å². The summed E-state index contributed by atoms with van der Waals surface area (Å²) in [5.41, 5.74) is 6.62. The minimum absolute atomic E-state index is 0.294. The number of halogens is 2. The van der Waals surface area contributed by atoms with Gasteiger partial charge in [0.15, 0.2) is 11.6 Å². The van der Waals surface area contributed by atoms with Gasteiger partial charge in [0.1, 0.15) is 0 Å². The molecule has 18 heavy (non-hydrogen) atoms. The first kappa shape index (κ1) is 15.1. The summed E-state index contributed by atoms with van der Waals surface area (Å²) in [6, 6.07) is 3.55.